The normalized spacial score (nSPS) is 14.4. The van der Waals surface area contributed by atoms with Crippen molar-refractivity contribution in [3.8, 4) is 16.9 Å². The Bertz CT molecular complexity index is 1300. The minimum atomic E-state index is -0.176. The standard InChI is InChI=1S/C20H18N6OS.C4H8O2.C2H6/c1-21-15-5-4-14(8-18(15)28-3)25-20-19-16(22-11-23-20)6-12(7-17(19)27)13-9-24-26(2)10-13;5-4-1-2-6-3-4;1-2/h4-11,27H,1H2,2-3H3,(H,22,23,25);4-5H,1-3H2;1-2H3. The van der Waals surface area contributed by atoms with Crippen molar-refractivity contribution in [2.75, 3.05) is 24.8 Å². The van der Waals surface area contributed by atoms with E-state index in [4.69, 9.17) is 9.84 Å². The first-order chi connectivity index (χ1) is 17.5. The van der Waals surface area contributed by atoms with Crippen molar-refractivity contribution in [3.63, 3.8) is 0 Å². The number of aryl methyl sites for hydroxylation is 1. The number of aliphatic hydroxyl groups is 1. The van der Waals surface area contributed by atoms with Crippen LogP contribution in [0.3, 0.4) is 0 Å². The van der Waals surface area contributed by atoms with Gasteiger partial charge in [-0.15, -0.1) is 11.8 Å². The lowest BCUT2D eigenvalue weighted by Crippen LogP contribution is -2.02. The number of anilines is 2. The van der Waals surface area contributed by atoms with E-state index in [9.17, 15) is 5.11 Å². The van der Waals surface area contributed by atoms with Crippen molar-refractivity contribution in [2.45, 2.75) is 31.3 Å². The summed E-state index contributed by atoms with van der Waals surface area (Å²) in [5.74, 6) is 0.639. The van der Waals surface area contributed by atoms with E-state index in [2.05, 4.69) is 32.1 Å². The van der Waals surface area contributed by atoms with Gasteiger partial charge in [0, 0.05) is 36.0 Å². The summed E-state index contributed by atoms with van der Waals surface area (Å²) in [5, 5.41) is 27.3. The van der Waals surface area contributed by atoms with E-state index in [1.807, 2.05) is 57.6 Å². The summed E-state index contributed by atoms with van der Waals surface area (Å²) in [4.78, 5) is 13.7. The number of aliphatic imine (C=N–C) groups is 1. The SMILES string of the molecule is C=Nc1ccc(Nc2ncnc3cc(-c4cnn(C)c4)cc(O)c23)cc1SC.CC.OC1CCOC1. The summed E-state index contributed by atoms with van der Waals surface area (Å²) in [7, 11) is 1.85. The molecule has 10 heteroatoms. The molecule has 0 amide bonds. The molecule has 2 aromatic heterocycles. The maximum atomic E-state index is 10.7. The van der Waals surface area contributed by atoms with E-state index >= 15 is 0 Å². The highest BCUT2D eigenvalue weighted by Gasteiger charge is 2.13. The van der Waals surface area contributed by atoms with Gasteiger partial charge in [0.05, 0.1) is 35.5 Å². The number of aromatic hydroxyl groups is 1. The molecule has 1 fully saturated rings. The number of fused-ring (bicyclic) bond motifs is 1. The molecular formula is C26H32N6O3S. The van der Waals surface area contributed by atoms with Crippen LogP contribution in [0.5, 0.6) is 5.75 Å². The number of aliphatic hydroxyl groups excluding tert-OH is 1. The maximum absolute atomic E-state index is 10.7. The zero-order valence-corrected chi connectivity index (χ0v) is 21.8. The number of nitrogens with one attached hydrogen (secondary N) is 1. The van der Waals surface area contributed by atoms with Gasteiger partial charge in [-0.1, -0.05) is 13.8 Å². The Balaban J connectivity index is 0.000000390. The van der Waals surface area contributed by atoms with Gasteiger partial charge in [-0.25, -0.2) is 9.97 Å². The molecule has 1 saturated heterocycles. The second kappa shape index (κ2) is 13.0. The smallest absolute Gasteiger partial charge is 0.145 e. The van der Waals surface area contributed by atoms with Gasteiger partial charge >= 0.3 is 0 Å². The van der Waals surface area contributed by atoms with Crippen LogP contribution in [0.2, 0.25) is 0 Å². The molecule has 1 atom stereocenters. The highest BCUT2D eigenvalue weighted by molar-refractivity contribution is 7.98. The second-order valence-corrected chi connectivity index (χ2v) is 8.55. The Morgan fingerprint density at radius 2 is 2.00 bits per heavy atom. The Kier molecular flexibility index (Phi) is 9.80. The minimum Gasteiger partial charge on any atom is -0.507 e. The van der Waals surface area contributed by atoms with Crippen LogP contribution in [0.25, 0.3) is 22.0 Å². The van der Waals surface area contributed by atoms with Crippen LogP contribution in [-0.4, -0.2) is 62.3 Å². The van der Waals surface area contributed by atoms with Gasteiger partial charge in [-0.2, -0.15) is 5.10 Å². The average molecular weight is 509 g/mol. The Hall–Kier alpha value is -3.47. The Labute approximate surface area is 215 Å². The van der Waals surface area contributed by atoms with E-state index < -0.39 is 0 Å². The Morgan fingerprint density at radius 1 is 1.19 bits per heavy atom. The van der Waals surface area contributed by atoms with Gasteiger partial charge in [0.15, 0.2) is 0 Å². The fraction of sp³-hybridized carbons (Fsp3) is 0.308. The third-order valence-corrected chi connectivity index (χ3v) is 6.04. The summed E-state index contributed by atoms with van der Waals surface area (Å²) in [6.07, 6.45) is 7.75. The van der Waals surface area contributed by atoms with Gasteiger partial charge in [0.2, 0.25) is 0 Å². The first-order valence-electron chi connectivity index (χ1n) is 11.6. The molecule has 9 nitrogen and oxygen atoms in total. The lowest BCUT2D eigenvalue weighted by atomic mass is 10.1. The molecule has 36 heavy (non-hydrogen) atoms. The van der Waals surface area contributed by atoms with Crippen LogP contribution in [-0.2, 0) is 11.8 Å². The van der Waals surface area contributed by atoms with E-state index in [1.54, 1.807) is 28.7 Å². The number of hydrogen-bond donors (Lipinski definition) is 3. The lowest BCUT2D eigenvalue weighted by Gasteiger charge is -2.12. The topological polar surface area (TPSA) is 118 Å². The molecule has 4 aromatic rings. The van der Waals surface area contributed by atoms with Gasteiger partial charge in [-0.05, 0) is 55.3 Å². The fourth-order valence-electron chi connectivity index (χ4n) is 3.55. The third kappa shape index (κ3) is 6.60. The van der Waals surface area contributed by atoms with Crippen molar-refractivity contribution >= 4 is 46.6 Å². The van der Waals surface area contributed by atoms with Crippen LogP contribution in [0, 0.1) is 0 Å². The van der Waals surface area contributed by atoms with Gasteiger partial charge in [0.25, 0.3) is 0 Å². The molecule has 2 aromatic carbocycles. The van der Waals surface area contributed by atoms with Crippen molar-refractivity contribution in [2.24, 2.45) is 12.0 Å². The lowest BCUT2D eigenvalue weighted by molar-refractivity contribution is 0.127. The monoisotopic (exact) mass is 508 g/mol. The van der Waals surface area contributed by atoms with E-state index in [-0.39, 0.29) is 11.9 Å². The number of phenolic OH excluding ortho intramolecular Hbond substituents is 1. The van der Waals surface area contributed by atoms with Crippen LogP contribution in [0.4, 0.5) is 17.2 Å². The van der Waals surface area contributed by atoms with Crippen LogP contribution < -0.4 is 5.32 Å². The molecule has 0 spiro atoms. The van der Waals surface area contributed by atoms with Crippen molar-refractivity contribution in [1.29, 1.82) is 0 Å². The molecule has 0 bridgehead atoms. The van der Waals surface area contributed by atoms with E-state index in [1.165, 1.54) is 6.33 Å². The predicted molar refractivity (Wildman–Crippen MR) is 147 cm³/mol. The molecular weight excluding hydrogens is 476 g/mol. The Morgan fingerprint density at radius 3 is 2.58 bits per heavy atom. The number of nitrogens with zero attached hydrogens (tertiary/aromatic N) is 5. The number of ether oxygens (including phenoxy) is 1. The van der Waals surface area contributed by atoms with E-state index in [0.717, 1.165) is 40.4 Å². The number of aromatic nitrogens is 4. The fourth-order valence-corrected chi connectivity index (χ4v) is 4.13. The molecule has 0 saturated carbocycles. The summed E-state index contributed by atoms with van der Waals surface area (Å²) >= 11 is 1.59. The quantitative estimate of drug-likeness (QED) is 0.245. The van der Waals surface area contributed by atoms with Gasteiger partial charge in [0.1, 0.15) is 17.9 Å². The number of benzene rings is 2. The molecule has 3 heterocycles. The van der Waals surface area contributed by atoms with Crippen LogP contribution in [0.15, 0.2) is 58.9 Å². The molecule has 3 N–H and O–H groups in total. The summed E-state index contributed by atoms with van der Waals surface area (Å²) < 4.78 is 6.52. The maximum Gasteiger partial charge on any atom is 0.145 e. The zero-order chi connectivity index (χ0) is 26.1. The third-order valence-electron chi connectivity index (χ3n) is 5.27. The summed E-state index contributed by atoms with van der Waals surface area (Å²) in [6.45, 7) is 8.88. The molecule has 5 rings (SSSR count). The number of rotatable bonds is 5. The van der Waals surface area contributed by atoms with Gasteiger partial charge < -0.3 is 20.3 Å². The molecule has 1 unspecified atom stereocenters. The highest BCUT2D eigenvalue weighted by Crippen LogP contribution is 2.36. The molecule has 1 aliphatic heterocycles. The second-order valence-electron chi connectivity index (χ2n) is 7.70. The average Bonchev–Trinajstić information content (AvgIpc) is 3.56. The van der Waals surface area contributed by atoms with Crippen LogP contribution in [0.1, 0.15) is 20.3 Å². The minimum absolute atomic E-state index is 0.105. The van der Waals surface area contributed by atoms with E-state index in [0.29, 0.717) is 23.3 Å². The molecule has 190 valence electrons. The van der Waals surface area contributed by atoms with Crippen LogP contribution >= 0.6 is 11.8 Å². The molecule has 0 radical (unpaired) electrons. The summed E-state index contributed by atoms with van der Waals surface area (Å²) in [5.41, 5.74) is 4.06. The first kappa shape index (κ1) is 27.1. The number of thioether (sulfide) groups is 1. The molecule has 1 aliphatic rings. The summed E-state index contributed by atoms with van der Waals surface area (Å²) in [6, 6.07) is 9.39. The van der Waals surface area contributed by atoms with Crippen molar-refractivity contribution in [3.05, 3.63) is 49.1 Å². The largest absolute Gasteiger partial charge is 0.507 e. The van der Waals surface area contributed by atoms with Crippen molar-refractivity contribution < 1.29 is 14.9 Å². The first-order valence-corrected chi connectivity index (χ1v) is 12.8. The predicted octanol–water partition coefficient (Wildman–Crippen LogP) is 5.33. The zero-order valence-electron chi connectivity index (χ0n) is 21.0. The number of phenols is 1. The number of hydrogen-bond acceptors (Lipinski definition) is 9. The van der Waals surface area contributed by atoms with Crippen molar-refractivity contribution in [1.82, 2.24) is 19.7 Å². The van der Waals surface area contributed by atoms with Gasteiger partial charge in [-0.3, -0.25) is 9.67 Å². The molecule has 0 aliphatic carbocycles. The highest BCUT2D eigenvalue weighted by atomic mass is 32.2.